The van der Waals surface area contributed by atoms with Gasteiger partial charge in [-0.05, 0) is 74.2 Å². The maximum absolute atomic E-state index is 14.3. The lowest BCUT2D eigenvalue weighted by molar-refractivity contribution is -0.140. The molecular weight excluding hydrogens is 554 g/mol. The number of rotatable bonds is 14. The Morgan fingerprint density at radius 2 is 1.52 bits per heavy atom. The van der Waals surface area contributed by atoms with Crippen LogP contribution in [0.5, 0.6) is 11.5 Å². The normalized spacial score (nSPS) is 12.6. The Kier molecular flexibility index (Phi) is 11.4. The predicted molar refractivity (Wildman–Crippen MR) is 164 cm³/mol. The monoisotopic (exact) mass is 595 g/mol. The molecule has 0 radical (unpaired) electrons. The number of hydrogen-bond acceptors (Lipinski definition) is 6. The number of ether oxygens (including phenoxy) is 2. The third-order valence-corrected chi connectivity index (χ3v) is 9.04. The van der Waals surface area contributed by atoms with E-state index in [-0.39, 0.29) is 34.8 Å². The molecule has 3 aromatic carbocycles. The fourth-order valence-electron chi connectivity index (χ4n) is 4.56. The maximum Gasteiger partial charge on any atom is 0.264 e. The van der Waals surface area contributed by atoms with Crippen LogP contribution in [0.4, 0.5) is 5.69 Å². The van der Waals surface area contributed by atoms with E-state index in [0.29, 0.717) is 12.2 Å². The number of hydrogen-bond donors (Lipinski definition) is 1. The average Bonchev–Trinajstić information content (AvgIpc) is 3.00. The number of methoxy groups -OCH3 is 2. The number of carbonyl (C=O) groups excluding carboxylic acids is 2. The van der Waals surface area contributed by atoms with E-state index < -0.39 is 28.5 Å². The third-order valence-electron chi connectivity index (χ3n) is 7.27. The number of carbonyl (C=O) groups is 2. The van der Waals surface area contributed by atoms with Crippen molar-refractivity contribution in [1.29, 1.82) is 0 Å². The van der Waals surface area contributed by atoms with Crippen LogP contribution in [0, 0.1) is 6.92 Å². The second-order valence-corrected chi connectivity index (χ2v) is 11.9. The SMILES string of the molecule is CC[C@@H](C)NC(=O)[C@@H](CC)N(Cc1ccccc1C)C(=O)CN(c1ccccc1OC)S(=O)(=O)c1ccc(OC)cc1. The Balaban J connectivity index is 2.11. The molecule has 0 spiro atoms. The number of benzene rings is 3. The molecule has 0 aliphatic heterocycles. The fraction of sp³-hybridized carbons (Fsp3) is 0.375. The van der Waals surface area contributed by atoms with Crippen molar-refractivity contribution >= 4 is 27.5 Å². The van der Waals surface area contributed by atoms with E-state index >= 15 is 0 Å². The minimum atomic E-state index is -4.25. The van der Waals surface area contributed by atoms with E-state index in [1.165, 1.54) is 31.3 Å². The van der Waals surface area contributed by atoms with Crippen molar-refractivity contribution in [3.05, 3.63) is 83.9 Å². The highest BCUT2D eigenvalue weighted by atomic mass is 32.2. The van der Waals surface area contributed by atoms with Gasteiger partial charge in [-0.15, -0.1) is 0 Å². The zero-order chi connectivity index (χ0) is 30.9. The van der Waals surface area contributed by atoms with E-state index in [0.717, 1.165) is 21.9 Å². The molecule has 10 heteroatoms. The maximum atomic E-state index is 14.3. The third kappa shape index (κ3) is 7.61. The zero-order valence-electron chi connectivity index (χ0n) is 25.2. The van der Waals surface area contributed by atoms with Crippen molar-refractivity contribution in [3.8, 4) is 11.5 Å². The van der Waals surface area contributed by atoms with Crippen molar-refractivity contribution in [2.45, 2.75) is 64.1 Å². The average molecular weight is 596 g/mol. The highest BCUT2D eigenvalue weighted by molar-refractivity contribution is 7.92. The molecule has 0 fully saturated rings. The van der Waals surface area contributed by atoms with E-state index in [9.17, 15) is 18.0 Å². The van der Waals surface area contributed by atoms with Crippen LogP contribution in [0.15, 0.2) is 77.7 Å². The van der Waals surface area contributed by atoms with Gasteiger partial charge >= 0.3 is 0 Å². The number of amides is 2. The molecule has 0 bridgehead atoms. The number of nitrogens with one attached hydrogen (secondary N) is 1. The van der Waals surface area contributed by atoms with Crippen LogP contribution in [-0.2, 0) is 26.2 Å². The van der Waals surface area contributed by atoms with Gasteiger partial charge in [0.05, 0.1) is 24.8 Å². The standard InChI is InChI=1S/C32H41N3O6S/c1-7-24(4)33-32(37)28(8-2)34(21-25-14-10-9-13-23(25)3)31(36)22-35(29-15-11-12-16-30(29)41-6)42(38,39)27-19-17-26(40-5)18-20-27/h9-20,24,28H,7-8,21-22H2,1-6H3,(H,33,37)/t24-,28-/m1/s1. The Labute approximate surface area is 249 Å². The molecule has 0 aliphatic carbocycles. The van der Waals surface area contributed by atoms with Gasteiger partial charge in [0.25, 0.3) is 10.0 Å². The molecule has 0 heterocycles. The van der Waals surface area contributed by atoms with Crippen molar-refractivity contribution < 1.29 is 27.5 Å². The van der Waals surface area contributed by atoms with Crippen LogP contribution in [0.3, 0.4) is 0 Å². The van der Waals surface area contributed by atoms with Gasteiger partial charge < -0.3 is 19.7 Å². The first-order chi connectivity index (χ1) is 20.1. The molecule has 0 aliphatic rings. The molecule has 0 aromatic heterocycles. The van der Waals surface area contributed by atoms with Gasteiger partial charge in [-0.2, -0.15) is 0 Å². The van der Waals surface area contributed by atoms with Gasteiger partial charge in [0.2, 0.25) is 11.8 Å². The largest absolute Gasteiger partial charge is 0.497 e. The molecule has 0 saturated heterocycles. The topological polar surface area (TPSA) is 105 Å². The number of aryl methyl sites for hydroxylation is 1. The van der Waals surface area contributed by atoms with E-state index in [1.807, 2.05) is 52.0 Å². The second-order valence-electron chi connectivity index (χ2n) is 10.0. The molecule has 42 heavy (non-hydrogen) atoms. The van der Waals surface area contributed by atoms with Crippen molar-refractivity contribution in [3.63, 3.8) is 0 Å². The van der Waals surface area contributed by atoms with Gasteiger partial charge in [-0.3, -0.25) is 13.9 Å². The van der Waals surface area contributed by atoms with E-state index in [4.69, 9.17) is 9.47 Å². The van der Waals surface area contributed by atoms with Crippen LogP contribution in [-0.4, -0.2) is 58.0 Å². The summed E-state index contributed by atoms with van der Waals surface area (Å²) in [7, 11) is -1.31. The first-order valence-corrected chi connectivity index (χ1v) is 15.4. The summed E-state index contributed by atoms with van der Waals surface area (Å²) >= 11 is 0. The van der Waals surface area contributed by atoms with Gasteiger partial charge in [-0.25, -0.2) is 8.42 Å². The summed E-state index contributed by atoms with van der Waals surface area (Å²) in [4.78, 5) is 29.1. The Hall–Kier alpha value is -4.05. The first-order valence-electron chi connectivity index (χ1n) is 14.0. The molecular formula is C32H41N3O6S. The summed E-state index contributed by atoms with van der Waals surface area (Å²) in [6.45, 7) is 7.24. The highest BCUT2D eigenvalue weighted by Gasteiger charge is 2.35. The molecule has 2 atom stereocenters. The van der Waals surface area contributed by atoms with E-state index in [2.05, 4.69) is 5.32 Å². The Morgan fingerprint density at radius 3 is 2.12 bits per heavy atom. The summed E-state index contributed by atoms with van der Waals surface area (Å²) in [5.74, 6) is -0.0196. The van der Waals surface area contributed by atoms with Crippen LogP contribution in [0.2, 0.25) is 0 Å². The lowest BCUT2D eigenvalue weighted by Gasteiger charge is -2.34. The summed E-state index contributed by atoms with van der Waals surface area (Å²) in [5, 5.41) is 2.99. The lowest BCUT2D eigenvalue weighted by atomic mass is 10.1. The highest BCUT2D eigenvalue weighted by Crippen LogP contribution is 2.33. The zero-order valence-corrected chi connectivity index (χ0v) is 26.0. The van der Waals surface area contributed by atoms with Crippen molar-refractivity contribution in [1.82, 2.24) is 10.2 Å². The predicted octanol–water partition coefficient (Wildman–Crippen LogP) is 4.93. The first kappa shape index (κ1) is 32.5. The molecule has 1 N–H and O–H groups in total. The van der Waals surface area contributed by atoms with Crippen LogP contribution in [0.1, 0.15) is 44.7 Å². The van der Waals surface area contributed by atoms with Crippen LogP contribution in [0.25, 0.3) is 0 Å². The summed E-state index contributed by atoms with van der Waals surface area (Å²) in [6, 6.07) is 19.3. The number of anilines is 1. The Bertz CT molecular complexity index is 1460. The van der Waals surface area contributed by atoms with E-state index in [1.54, 1.807) is 36.4 Å². The van der Waals surface area contributed by atoms with Crippen LogP contribution >= 0.6 is 0 Å². The van der Waals surface area contributed by atoms with Crippen molar-refractivity contribution in [2.75, 3.05) is 25.1 Å². The molecule has 226 valence electrons. The lowest BCUT2D eigenvalue weighted by Crippen LogP contribution is -2.53. The molecule has 3 aromatic rings. The van der Waals surface area contributed by atoms with Crippen molar-refractivity contribution in [2.24, 2.45) is 0 Å². The number of sulfonamides is 1. The summed E-state index contributed by atoms with van der Waals surface area (Å²) in [6.07, 6.45) is 1.08. The molecule has 2 amide bonds. The number of nitrogens with zero attached hydrogens (tertiary/aromatic N) is 2. The fourth-order valence-corrected chi connectivity index (χ4v) is 5.98. The Morgan fingerprint density at radius 1 is 0.881 bits per heavy atom. The quantitative estimate of drug-likeness (QED) is 0.283. The molecule has 0 saturated carbocycles. The van der Waals surface area contributed by atoms with Crippen LogP contribution < -0.4 is 19.1 Å². The van der Waals surface area contributed by atoms with Gasteiger partial charge in [-0.1, -0.05) is 50.2 Å². The van der Waals surface area contributed by atoms with Gasteiger partial charge in [0.15, 0.2) is 0 Å². The molecule has 0 unspecified atom stereocenters. The smallest absolute Gasteiger partial charge is 0.264 e. The van der Waals surface area contributed by atoms with Gasteiger partial charge in [0, 0.05) is 12.6 Å². The number of para-hydroxylation sites is 2. The summed E-state index contributed by atoms with van der Waals surface area (Å²) < 4.78 is 39.9. The minimum absolute atomic E-state index is 0.0194. The second kappa shape index (κ2) is 14.7. The summed E-state index contributed by atoms with van der Waals surface area (Å²) in [5.41, 5.74) is 2.03. The van der Waals surface area contributed by atoms with Gasteiger partial charge in [0.1, 0.15) is 24.1 Å². The minimum Gasteiger partial charge on any atom is -0.497 e. The molecule has 9 nitrogen and oxygen atoms in total. The molecule has 3 rings (SSSR count).